The summed E-state index contributed by atoms with van der Waals surface area (Å²) in [5, 5.41) is 1.27. The van der Waals surface area contributed by atoms with Crippen molar-refractivity contribution in [3.63, 3.8) is 0 Å². The number of aryl methyl sites for hydroxylation is 1. The Labute approximate surface area is 186 Å². The van der Waals surface area contributed by atoms with Crippen molar-refractivity contribution in [3.05, 3.63) is 78.1 Å². The summed E-state index contributed by atoms with van der Waals surface area (Å²) in [6.07, 6.45) is 9.78. The van der Waals surface area contributed by atoms with Crippen LogP contribution in [0.15, 0.2) is 61.2 Å². The Kier molecular flexibility index (Phi) is 4.53. The van der Waals surface area contributed by atoms with Crippen molar-refractivity contribution < 1.29 is 9.18 Å². The van der Waals surface area contributed by atoms with Gasteiger partial charge in [-0.15, -0.1) is 0 Å². The van der Waals surface area contributed by atoms with Gasteiger partial charge in [0.05, 0.1) is 24.3 Å². The zero-order chi connectivity index (χ0) is 21.8. The van der Waals surface area contributed by atoms with Crippen molar-refractivity contribution in [2.24, 2.45) is 13.0 Å². The maximum atomic E-state index is 14.7. The van der Waals surface area contributed by atoms with Crippen molar-refractivity contribution >= 4 is 16.7 Å². The molecule has 0 bridgehead atoms. The van der Waals surface area contributed by atoms with Crippen LogP contribution >= 0.6 is 0 Å². The van der Waals surface area contributed by atoms with E-state index in [0.717, 1.165) is 36.9 Å². The Balaban J connectivity index is 1.17. The predicted molar refractivity (Wildman–Crippen MR) is 123 cm³/mol. The number of hydrogen-bond donors (Lipinski definition) is 0. The Bertz CT molecular complexity index is 1330. The molecule has 162 valence electrons. The van der Waals surface area contributed by atoms with Crippen molar-refractivity contribution in [3.8, 4) is 11.3 Å². The molecule has 1 saturated carbocycles. The van der Waals surface area contributed by atoms with E-state index in [1.54, 1.807) is 18.6 Å². The van der Waals surface area contributed by atoms with Gasteiger partial charge in [0.15, 0.2) is 0 Å². The van der Waals surface area contributed by atoms with Crippen LogP contribution in [0.1, 0.15) is 55.2 Å². The van der Waals surface area contributed by atoms with Crippen LogP contribution in [0.2, 0.25) is 0 Å². The van der Waals surface area contributed by atoms with Crippen molar-refractivity contribution in [1.29, 1.82) is 0 Å². The van der Waals surface area contributed by atoms with E-state index in [0.29, 0.717) is 17.9 Å². The first-order valence-electron chi connectivity index (χ1n) is 11.5. The number of Topliss-reactive ketones (excluding diaryl/α,β-unsaturated/α-hetero) is 1. The number of imidazole rings is 1. The third-order valence-corrected chi connectivity index (χ3v) is 7.62. The summed E-state index contributed by atoms with van der Waals surface area (Å²) in [5.41, 5.74) is 5.04. The Hall–Kier alpha value is -3.21. The molecule has 6 rings (SSSR count). The second kappa shape index (κ2) is 7.44. The van der Waals surface area contributed by atoms with Gasteiger partial charge in [0, 0.05) is 42.2 Å². The number of hydrogen-bond acceptors (Lipinski definition) is 2. The van der Waals surface area contributed by atoms with Gasteiger partial charge < -0.3 is 9.13 Å². The topological polar surface area (TPSA) is 39.8 Å². The molecule has 1 aliphatic heterocycles. The summed E-state index contributed by atoms with van der Waals surface area (Å²) < 4.78 is 18.8. The first-order valence-corrected chi connectivity index (χ1v) is 11.5. The lowest BCUT2D eigenvalue weighted by Crippen LogP contribution is -2.24. The molecule has 0 saturated heterocycles. The Morgan fingerprint density at radius 3 is 2.81 bits per heavy atom. The number of halogens is 1. The van der Waals surface area contributed by atoms with Gasteiger partial charge in [-0.05, 0) is 60.7 Å². The van der Waals surface area contributed by atoms with E-state index in [1.807, 2.05) is 10.6 Å². The number of ketones is 1. The van der Waals surface area contributed by atoms with Crippen molar-refractivity contribution in [2.75, 3.05) is 0 Å². The first-order chi connectivity index (χ1) is 15.6. The van der Waals surface area contributed by atoms with Crippen LogP contribution in [0.25, 0.3) is 22.2 Å². The van der Waals surface area contributed by atoms with E-state index in [-0.39, 0.29) is 23.6 Å². The van der Waals surface area contributed by atoms with E-state index in [9.17, 15) is 9.18 Å². The second-order valence-corrected chi connectivity index (χ2v) is 9.37. The molecule has 4 nitrogen and oxygen atoms in total. The fraction of sp³-hybridized carbons (Fsp3) is 0.333. The maximum Gasteiger partial charge on any atom is 0.138 e. The number of carbonyl (C=O) groups excluding carboxylic acids is 1. The molecule has 2 aliphatic rings. The highest BCUT2D eigenvalue weighted by molar-refractivity contribution is 5.84. The van der Waals surface area contributed by atoms with Gasteiger partial charge in [-0.2, -0.15) is 0 Å². The smallest absolute Gasteiger partial charge is 0.138 e. The highest BCUT2D eigenvalue weighted by atomic mass is 19.1. The molecule has 32 heavy (non-hydrogen) atoms. The average molecular weight is 428 g/mol. The number of benzene rings is 2. The SMILES string of the molecule is Cn1ccc2ccc(C3CCC(C(=O)CC4c5c(F)cccc5-c5cncn54)CC3)cc21. The zero-order valence-electron chi connectivity index (χ0n) is 18.2. The quantitative estimate of drug-likeness (QED) is 0.400. The first kappa shape index (κ1) is 19.5. The third-order valence-electron chi connectivity index (χ3n) is 7.62. The summed E-state index contributed by atoms with van der Waals surface area (Å²) in [6, 6.07) is 13.8. The van der Waals surface area contributed by atoms with Gasteiger partial charge in [0.25, 0.3) is 0 Å². The van der Waals surface area contributed by atoms with E-state index in [1.165, 1.54) is 22.5 Å². The lowest BCUT2D eigenvalue weighted by molar-refractivity contribution is -0.124. The Morgan fingerprint density at radius 1 is 1.12 bits per heavy atom. The molecule has 1 fully saturated rings. The molecular weight excluding hydrogens is 401 g/mol. The lowest BCUT2D eigenvalue weighted by Gasteiger charge is -2.29. The largest absolute Gasteiger partial charge is 0.351 e. The minimum atomic E-state index is -0.284. The fourth-order valence-corrected chi connectivity index (χ4v) is 5.84. The molecule has 0 spiro atoms. The molecule has 2 aromatic heterocycles. The summed E-state index contributed by atoms with van der Waals surface area (Å²) in [7, 11) is 2.08. The molecule has 4 aromatic rings. The number of aromatic nitrogens is 3. The lowest BCUT2D eigenvalue weighted by atomic mass is 9.76. The molecule has 0 radical (unpaired) electrons. The Morgan fingerprint density at radius 2 is 1.97 bits per heavy atom. The van der Waals surface area contributed by atoms with Crippen LogP contribution in [0, 0.1) is 11.7 Å². The van der Waals surface area contributed by atoms with E-state index in [2.05, 4.69) is 47.1 Å². The normalized spacial score (nSPS) is 22.1. The van der Waals surface area contributed by atoms with E-state index < -0.39 is 0 Å². The molecule has 1 unspecified atom stereocenters. The predicted octanol–water partition coefficient (Wildman–Crippen LogP) is 6.02. The highest BCUT2D eigenvalue weighted by Crippen LogP contribution is 2.44. The number of fused-ring (bicyclic) bond motifs is 4. The highest BCUT2D eigenvalue weighted by Gasteiger charge is 2.35. The monoisotopic (exact) mass is 427 g/mol. The summed E-state index contributed by atoms with van der Waals surface area (Å²) >= 11 is 0. The van der Waals surface area contributed by atoms with Gasteiger partial charge in [0.2, 0.25) is 0 Å². The van der Waals surface area contributed by atoms with Crippen LogP contribution in [-0.4, -0.2) is 19.9 Å². The van der Waals surface area contributed by atoms with Gasteiger partial charge in [-0.3, -0.25) is 4.79 Å². The molecule has 1 atom stereocenters. The number of carbonyl (C=O) groups is 1. The molecule has 5 heteroatoms. The molecule has 0 N–H and O–H groups in total. The third kappa shape index (κ3) is 3.02. The van der Waals surface area contributed by atoms with Gasteiger partial charge in [0.1, 0.15) is 11.6 Å². The molecule has 0 amide bonds. The van der Waals surface area contributed by atoms with Crippen molar-refractivity contribution in [1.82, 2.24) is 14.1 Å². The van der Waals surface area contributed by atoms with E-state index in [4.69, 9.17) is 0 Å². The van der Waals surface area contributed by atoms with Crippen molar-refractivity contribution in [2.45, 2.75) is 44.1 Å². The molecule has 1 aliphatic carbocycles. The second-order valence-electron chi connectivity index (χ2n) is 9.37. The van der Waals surface area contributed by atoms with E-state index >= 15 is 0 Å². The summed E-state index contributed by atoms with van der Waals surface area (Å²) in [6.45, 7) is 0. The minimum Gasteiger partial charge on any atom is -0.351 e. The van der Waals surface area contributed by atoms with Gasteiger partial charge >= 0.3 is 0 Å². The molecule has 3 heterocycles. The van der Waals surface area contributed by atoms with Crippen LogP contribution in [0.3, 0.4) is 0 Å². The average Bonchev–Trinajstić information content (AvgIpc) is 3.51. The fourth-order valence-electron chi connectivity index (χ4n) is 5.84. The molecular formula is C27H26FN3O. The maximum absolute atomic E-state index is 14.7. The van der Waals surface area contributed by atoms with Crippen LogP contribution in [0.5, 0.6) is 0 Å². The van der Waals surface area contributed by atoms with Crippen LogP contribution < -0.4 is 0 Å². The van der Waals surface area contributed by atoms with Gasteiger partial charge in [-0.1, -0.05) is 24.3 Å². The number of nitrogens with zero attached hydrogens (tertiary/aromatic N) is 3. The van der Waals surface area contributed by atoms with Crippen LogP contribution in [0.4, 0.5) is 4.39 Å². The minimum absolute atomic E-state index is 0.0628. The summed E-state index contributed by atoms with van der Waals surface area (Å²) in [4.78, 5) is 17.5. The molecule has 2 aromatic carbocycles. The standard InChI is InChI=1S/C27H26FN3O/c1-30-12-11-18-7-10-20(13-23(18)30)17-5-8-19(9-6-17)26(32)14-24-27-21(3-2-4-22(27)28)25-15-29-16-31(24)25/h2-4,7,10-13,15-17,19,24H,5-6,8-9,14H2,1H3. The summed E-state index contributed by atoms with van der Waals surface area (Å²) in [5.74, 6) is 0.585. The van der Waals surface area contributed by atoms with Crippen LogP contribution in [-0.2, 0) is 11.8 Å². The zero-order valence-corrected chi connectivity index (χ0v) is 18.2. The number of rotatable bonds is 4. The van der Waals surface area contributed by atoms with Gasteiger partial charge in [-0.25, -0.2) is 9.37 Å².